The van der Waals surface area contributed by atoms with Gasteiger partial charge in [-0.25, -0.2) is 13.4 Å². The summed E-state index contributed by atoms with van der Waals surface area (Å²) in [6, 6.07) is 0. The van der Waals surface area contributed by atoms with Crippen LogP contribution in [0.15, 0.2) is 16.0 Å². The van der Waals surface area contributed by atoms with Crippen molar-refractivity contribution in [3.63, 3.8) is 0 Å². The molecule has 0 saturated carbocycles. The van der Waals surface area contributed by atoms with Crippen LogP contribution >= 0.6 is 11.3 Å². The summed E-state index contributed by atoms with van der Waals surface area (Å²) >= 11 is 1.19. The fraction of sp³-hybridized carbons (Fsp3) is 0.650. The van der Waals surface area contributed by atoms with Gasteiger partial charge in [-0.15, -0.1) is 11.3 Å². The van der Waals surface area contributed by atoms with E-state index in [4.69, 9.17) is 0 Å². The van der Waals surface area contributed by atoms with Crippen molar-refractivity contribution in [3.8, 4) is 0 Å². The molecule has 32 heavy (non-hydrogen) atoms. The number of amides is 1. The summed E-state index contributed by atoms with van der Waals surface area (Å²) in [6.45, 7) is 10.6. The van der Waals surface area contributed by atoms with E-state index in [1.807, 2.05) is 7.05 Å². The Balaban J connectivity index is 1.85. The molecule has 0 aromatic carbocycles. The molecule has 1 fully saturated rings. The van der Waals surface area contributed by atoms with Gasteiger partial charge in [0.1, 0.15) is 16.3 Å². The first-order chi connectivity index (χ1) is 15.2. The van der Waals surface area contributed by atoms with Gasteiger partial charge in [-0.2, -0.15) is 4.31 Å². The van der Waals surface area contributed by atoms with Crippen molar-refractivity contribution < 1.29 is 13.2 Å². The molecule has 0 aliphatic carbocycles. The lowest BCUT2D eigenvalue weighted by Gasteiger charge is -2.31. The van der Waals surface area contributed by atoms with Crippen molar-refractivity contribution in [2.45, 2.75) is 32.2 Å². The van der Waals surface area contributed by atoms with Crippen LogP contribution in [-0.4, -0.2) is 97.4 Å². The van der Waals surface area contributed by atoms with E-state index in [0.29, 0.717) is 42.4 Å². The minimum atomic E-state index is -3.84. The first kappa shape index (κ1) is 24.8. The number of thiophene rings is 1. The SMILES string of the molecule is CCN(CC)CCNC(=O)Cn1cnc2sc(C)c(S(=O)(=O)N3CCN(C)CC3)c2c1=O. The summed E-state index contributed by atoms with van der Waals surface area (Å²) in [5.74, 6) is -0.309. The fourth-order valence-corrected chi connectivity index (χ4v) is 6.89. The number of sulfonamides is 1. The van der Waals surface area contributed by atoms with Crippen LogP contribution in [0.5, 0.6) is 0 Å². The van der Waals surface area contributed by atoms with Crippen molar-refractivity contribution in [2.24, 2.45) is 0 Å². The minimum Gasteiger partial charge on any atom is -0.353 e. The van der Waals surface area contributed by atoms with E-state index in [0.717, 1.165) is 19.6 Å². The summed E-state index contributed by atoms with van der Waals surface area (Å²) in [4.78, 5) is 35.0. The Morgan fingerprint density at radius 2 is 1.88 bits per heavy atom. The molecular formula is C20H32N6O4S2. The van der Waals surface area contributed by atoms with Gasteiger partial charge in [-0.05, 0) is 27.1 Å². The molecule has 0 unspecified atom stereocenters. The number of fused-ring (bicyclic) bond motifs is 1. The lowest BCUT2D eigenvalue weighted by molar-refractivity contribution is -0.121. The molecule has 1 N–H and O–H groups in total. The monoisotopic (exact) mass is 484 g/mol. The Bertz CT molecular complexity index is 1120. The third kappa shape index (κ3) is 5.20. The van der Waals surface area contributed by atoms with Gasteiger partial charge in [0, 0.05) is 44.1 Å². The highest BCUT2D eigenvalue weighted by Gasteiger charge is 2.33. The lowest BCUT2D eigenvalue weighted by Crippen LogP contribution is -2.47. The average molecular weight is 485 g/mol. The van der Waals surface area contributed by atoms with Crippen LogP contribution in [0.1, 0.15) is 18.7 Å². The van der Waals surface area contributed by atoms with Crippen molar-refractivity contribution in [1.82, 2.24) is 29.0 Å². The number of piperazine rings is 1. The summed E-state index contributed by atoms with van der Waals surface area (Å²) in [5, 5.41) is 2.89. The zero-order valence-corrected chi connectivity index (χ0v) is 20.8. The Morgan fingerprint density at radius 1 is 1.22 bits per heavy atom. The zero-order chi connectivity index (χ0) is 23.5. The molecule has 1 aliphatic heterocycles. The number of aromatic nitrogens is 2. The molecular weight excluding hydrogens is 452 g/mol. The van der Waals surface area contributed by atoms with E-state index >= 15 is 0 Å². The fourth-order valence-electron chi connectivity index (χ4n) is 3.80. The normalized spacial score (nSPS) is 16.2. The summed E-state index contributed by atoms with van der Waals surface area (Å²) in [5.41, 5.74) is -0.508. The van der Waals surface area contributed by atoms with Crippen LogP contribution in [0, 0.1) is 6.92 Å². The Morgan fingerprint density at radius 3 is 2.50 bits per heavy atom. The second-order valence-electron chi connectivity index (χ2n) is 7.93. The molecule has 1 saturated heterocycles. The molecule has 1 aliphatic rings. The highest BCUT2D eigenvalue weighted by atomic mass is 32.2. The number of rotatable bonds is 9. The minimum absolute atomic E-state index is 0.0239. The third-order valence-corrected chi connectivity index (χ3v) is 9.03. The van der Waals surface area contributed by atoms with Gasteiger partial charge in [0.2, 0.25) is 15.9 Å². The van der Waals surface area contributed by atoms with Gasteiger partial charge in [-0.1, -0.05) is 13.8 Å². The number of nitrogens with zero attached hydrogens (tertiary/aromatic N) is 5. The molecule has 0 bridgehead atoms. The molecule has 1 amide bonds. The number of hydrogen-bond donors (Lipinski definition) is 1. The standard InChI is InChI=1S/C20H32N6O4S2/c1-5-24(6-2)8-7-21-16(27)13-25-14-22-19-17(20(25)28)18(15(3)31-19)32(29,30)26-11-9-23(4)10-12-26/h14H,5-13H2,1-4H3,(H,21,27). The molecule has 2 aromatic heterocycles. The molecule has 0 radical (unpaired) electrons. The summed E-state index contributed by atoms with van der Waals surface area (Å²) in [7, 11) is -1.89. The van der Waals surface area contributed by atoms with Crippen molar-refractivity contribution in [2.75, 3.05) is 59.4 Å². The van der Waals surface area contributed by atoms with Crippen molar-refractivity contribution in [1.29, 1.82) is 0 Å². The second-order valence-corrected chi connectivity index (χ2v) is 11.0. The summed E-state index contributed by atoms with van der Waals surface area (Å²) < 4.78 is 29.4. The molecule has 12 heteroatoms. The zero-order valence-electron chi connectivity index (χ0n) is 19.1. The molecule has 3 rings (SSSR count). The molecule has 0 spiro atoms. The van der Waals surface area contributed by atoms with E-state index in [9.17, 15) is 18.0 Å². The largest absolute Gasteiger partial charge is 0.353 e. The van der Waals surface area contributed by atoms with Crippen LogP contribution in [0.3, 0.4) is 0 Å². The van der Waals surface area contributed by atoms with Gasteiger partial charge >= 0.3 is 0 Å². The number of nitrogens with one attached hydrogen (secondary N) is 1. The Labute approximate surface area is 192 Å². The first-order valence-electron chi connectivity index (χ1n) is 10.8. The molecule has 0 atom stereocenters. The van der Waals surface area contributed by atoms with E-state index in [-0.39, 0.29) is 22.7 Å². The number of carbonyl (C=O) groups excluding carboxylic acids is 1. The predicted molar refractivity (Wildman–Crippen MR) is 126 cm³/mol. The van der Waals surface area contributed by atoms with Gasteiger partial charge in [0.25, 0.3) is 5.56 Å². The van der Waals surface area contributed by atoms with Crippen molar-refractivity contribution >= 4 is 37.5 Å². The van der Waals surface area contributed by atoms with Gasteiger partial charge in [0.15, 0.2) is 0 Å². The predicted octanol–water partition coefficient (Wildman–Crippen LogP) is 0.161. The molecule has 10 nitrogen and oxygen atoms in total. The Kier molecular flexibility index (Phi) is 8.04. The number of likely N-dealkylation sites (N-methyl/N-ethyl adjacent to an activating group) is 2. The molecule has 2 aromatic rings. The van der Waals surface area contributed by atoms with Crippen LogP contribution < -0.4 is 10.9 Å². The highest BCUT2D eigenvalue weighted by Crippen LogP contribution is 2.33. The Hall–Kier alpha value is -1.86. The number of hydrogen-bond acceptors (Lipinski definition) is 8. The third-order valence-electron chi connectivity index (χ3n) is 5.82. The first-order valence-corrected chi connectivity index (χ1v) is 13.1. The van der Waals surface area contributed by atoms with Crippen LogP contribution in [0.25, 0.3) is 10.2 Å². The topological polar surface area (TPSA) is 108 Å². The van der Waals surface area contributed by atoms with Crippen LogP contribution in [0.2, 0.25) is 0 Å². The quantitative estimate of drug-likeness (QED) is 0.540. The van der Waals surface area contributed by atoms with Gasteiger partial charge in [0.05, 0.1) is 11.7 Å². The van der Waals surface area contributed by atoms with Gasteiger partial charge in [-0.3, -0.25) is 14.2 Å². The van der Waals surface area contributed by atoms with E-state index in [1.54, 1.807) is 6.92 Å². The van der Waals surface area contributed by atoms with E-state index < -0.39 is 15.6 Å². The molecule has 178 valence electrons. The average Bonchev–Trinajstić information content (AvgIpc) is 3.11. The van der Waals surface area contributed by atoms with E-state index in [2.05, 4.69) is 33.9 Å². The van der Waals surface area contributed by atoms with Crippen molar-refractivity contribution in [3.05, 3.63) is 21.6 Å². The van der Waals surface area contributed by atoms with E-state index in [1.165, 1.54) is 26.5 Å². The molecule has 3 heterocycles. The summed E-state index contributed by atoms with van der Waals surface area (Å²) in [6.07, 6.45) is 1.32. The van der Waals surface area contributed by atoms with Crippen LogP contribution in [0.4, 0.5) is 0 Å². The number of carbonyl (C=O) groups is 1. The smallest absolute Gasteiger partial charge is 0.263 e. The number of aryl methyl sites for hydroxylation is 1. The second kappa shape index (κ2) is 10.4. The maximum absolute atomic E-state index is 13.4. The maximum atomic E-state index is 13.4. The van der Waals surface area contributed by atoms with Crippen LogP contribution in [-0.2, 0) is 21.4 Å². The maximum Gasteiger partial charge on any atom is 0.263 e. The van der Waals surface area contributed by atoms with Gasteiger partial charge < -0.3 is 15.1 Å². The highest BCUT2D eigenvalue weighted by molar-refractivity contribution is 7.89. The lowest BCUT2D eigenvalue weighted by atomic mass is 10.3.